The molecule has 5 heteroatoms. The molecule has 1 heterocycles. The maximum absolute atomic E-state index is 8.77. The fourth-order valence-corrected chi connectivity index (χ4v) is 2.12. The van der Waals surface area contributed by atoms with E-state index >= 15 is 0 Å². The van der Waals surface area contributed by atoms with Crippen LogP contribution in [0.25, 0.3) is 17.4 Å². The largest absolute Gasteiger partial charge is 0.457 e. The van der Waals surface area contributed by atoms with Gasteiger partial charge in [0, 0.05) is 11.6 Å². The Morgan fingerprint density at radius 1 is 0.800 bits per heavy atom. The summed E-state index contributed by atoms with van der Waals surface area (Å²) in [5.41, 5.74) is 2.39. The minimum absolute atomic E-state index is 0.00225. The average Bonchev–Trinajstić information content (AvgIpc) is 3.14. The van der Waals surface area contributed by atoms with Gasteiger partial charge in [-0.3, -0.25) is 0 Å². The predicted molar refractivity (Wildman–Crippen MR) is 94.0 cm³/mol. The smallest absolute Gasteiger partial charge is 0.134 e. The summed E-state index contributed by atoms with van der Waals surface area (Å²) in [6.07, 6.45) is 1.41. The lowest BCUT2D eigenvalue weighted by Gasteiger charge is -1.98. The Labute approximate surface area is 144 Å². The Morgan fingerprint density at radius 3 is 2.08 bits per heavy atom. The molecule has 5 nitrogen and oxygen atoms in total. The van der Waals surface area contributed by atoms with Gasteiger partial charge in [0.25, 0.3) is 0 Å². The molecule has 0 radical (unpaired) electrons. The summed E-state index contributed by atoms with van der Waals surface area (Å²) in [6.45, 7) is 0. The van der Waals surface area contributed by atoms with Crippen LogP contribution in [-0.4, -0.2) is 0 Å². The second-order valence-electron chi connectivity index (χ2n) is 5.07. The van der Waals surface area contributed by atoms with Crippen LogP contribution in [0.2, 0.25) is 0 Å². The molecule has 0 amide bonds. The summed E-state index contributed by atoms with van der Waals surface area (Å²) in [5, 5.41) is 25.9. The van der Waals surface area contributed by atoms with Gasteiger partial charge in [0.05, 0.1) is 11.4 Å². The molecular weight excluding hydrogens is 312 g/mol. The average molecular weight is 324 g/mol. The van der Waals surface area contributed by atoms with E-state index in [1.54, 1.807) is 24.3 Å². The zero-order chi connectivity index (χ0) is 17.5. The number of rotatable bonds is 4. The topological polar surface area (TPSA) is 85.4 Å². The molecule has 0 unspecified atom stereocenters. The lowest BCUT2D eigenvalue weighted by molar-refractivity contribution is 0.571. The van der Waals surface area contributed by atoms with Gasteiger partial charge in [-0.05, 0) is 48.5 Å². The molecule has 0 fully saturated rings. The van der Waals surface area contributed by atoms with Crippen LogP contribution in [0.5, 0.6) is 0 Å². The van der Waals surface area contributed by atoms with Crippen molar-refractivity contribution in [3.05, 3.63) is 78.1 Å². The third-order valence-corrected chi connectivity index (χ3v) is 3.34. The second-order valence-corrected chi connectivity index (χ2v) is 5.07. The summed E-state index contributed by atoms with van der Waals surface area (Å²) in [6, 6.07) is 24.1. The van der Waals surface area contributed by atoms with Gasteiger partial charge < -0.3 is 4.42 Å². The lowest BCUT2D eigenvalue weighted by atomic mass is 10.1. The molecule has 0 bridgehead atoms. The van der Waals surface area contributed by atoms with Crippen molar-refractivity contribution in [2.75, 3.05) is 0 Å². The van der Waals surface area contributed by atoms with Crippen molar-refractivity contribution in [3.8, 4) is 23.5 Å². The number of furan rings is 1. The number of nitrogens with zero attached hydrogens (tertiary/aromatic N) is 4. The van der Waals surface area contributed by atoms with E-state index in [2.05, 4.69) is 10.2 Å². The lowest BCUT2D eigenvalue weighted by Crippen LogP contribution is -1.73. The first-order valence-corrected chi connectivity index (χ1v) is 7.47. The number of benzene rings is 2. The van der Waals surface area contributed by atoms with Crippen LogP contribution in [-0.2, 0) is 0 Å². The van der Waals surface area contributed by atoms with Crippen LogP contribution < -0.4 is 0 Å². The zero-order valence-corrected chi connectivity index (χ0v) is 13.1. The molecule has 0 saturated carbocycles. The monoisotopic (exact) mass is 324 g/mol. The van der Waals surface area contributed by atoms with E-state index in [0.717, 1.165) is 16.9 Å². The maximum Gasteiger partial charge on any atom is 0.134 e. The molecule has 0 N–H and O–H groups in total. The molecular formula is C20H12N4O. The Hall–Kier alpha value is -3.96. The van der Waals surface area contributed by atoms with E-state index in [-0.39, 0.29) is 5.57 Å². The highest BCUT2D eigenvalue weighted by atomic mass is 16.3. The van der Waals surface area contributed by atoms with Gasteiger partial charge in [0.15, 0.2) is 0 Å². The molecule has 0 spiro atoms. The Balaban J connectivity index is 1.76. The number of hydrogen-bond acceptors (Lipinski definition) is 5. The molecule has 3 rings (SSSR count). The summed E-state index contributed by atoms with van der Waals surface area (Å²) in [4.78, 5) is 0. The van der Waals surface area contributed by atoms with Crippen molar-refractivity contribution in [2.24, 2.45) is 10.2 Å². The molecule has 0 atom stereocenters. The molecule has 1 aromatic heterocycles. The van der Waals surface area contributed by atoms with Crippen LogP contribution in [0, 0.1) is 22.7 Å². The van der Waals surface area contributed by atoms with Gasteiger partial charge in [0.2, 0.25) is 0 Å². The third kappa shape index (κ3) is 4.07. The van der Waals surface area contributed by atoms with Crippen molar-refractivity contribution in [1.29, 1.82) is 10.5 Å². The van der Waals surface area contributed by atoms with E-state index in [0.29, 0.717) is 11.5 Å². The van der Waals surface area contributed by atoms with Crippen molar-refractivity contribution >= 4 is 17.5 Å². The fraction of sp³-hybridized carbons (Fsp3) is 0. The van der Waals surface area contributed by atoms with E-state index in [1.807, 2.05) is 54.6 Å². The van der Waals surface area contributed by atoms with Crippen LogP contribution in [0.3, 0.4) is 0 Å². The van der Waals surface area contributed by atoms with Gasteiger partial charge >= 0.3 is 0 Å². The minimum Gasteiger partial charge on any atom is -0.457 e. The number of nitriles is 2. The molecule has 2 aromatic carbocycles. The third-order valence-electron chi connectivity index (χ3n) is 3.34. The van der Waals surface area contributed by atoms with Crippen molar-refractivity contribution in [2.45, 2.75) is 0 Å². The van der Waals surface area contributed by atoms with E-state index in [4.69, 9.17) is 14.9 Å². The first-order chi connectivity index (χ1) is 12.3. The van der Waals surface area contributed by atoms with Crippen LogP contribution in [0.15, 0.2) is 86.9 Å². The standard InChI is InChI=1S/C20H12N4O/c21-13-15(14-22)12-19-10-11-20(25-19)16-6-8-18(9-7-16)24-23-17-4-2-1-3-5-17/h1-12H. The van der Waals surface area contributed by atoms with E-state index < -0.39 is 0 Å². The zero-order valence-electron chi connectivity index (χ0n) is 13.1. The number of hydrogen-bond donors (Lipinski definition) is 0. The Morgan fingerprint density at radius 2 is 1.44 bits per heavy atom. The van der Waals surface area contributed by atoms with E-state index in [1.165, 1.54) is 6.08 Å². The van der Waals surface area contributed by atoms with Crippen LogP contribution in [0.1, 0.15) is 5.76 Å². The van der Waals surface area contributed by atoms with E-state index in [9.17, 15) is 0 Å². The Kier molecular flexibility index (Phi) is 4.80. The SMILES string of the molecule is N#CC(C#N)=Cc1ccc(-c2ccc(N=Nc3ccccc3)cc2)o1. The van der Waals surface area contributed by atoms with Crippen molar-refractivity contribution < 1.29 is 4.42 Å². The normalized spacial score (nSPS) is 10.2. The van der Waals surface area contributed by atoms with Crippen LogP contribution in [0.4, 0.5) is 11.4 Å². The van der Waals surface area contributed by atoms with Gasteiger partial charge in [-0.2, -0.15) is 20.8 Å². The summed E-state index contributed by atoms with van der Waals surface area (Å²) >= 11 is 0. The summed E-state index contributed by atoms with van der Waals surface area (Å²) in [5.74, 6) is 1.11. The minimum atomic E-state index is -0.00225. The van der Waals surface area contributed by atoms with Gasteiger partial charge in [0.1, 0.15) is 29.2 Å². The number of azo groups is 1. The molecule has 3 aromatic rings. The summed E-state index contributed by atoms with van der Waals surface area (Å²) < 4.78 is 5.64. The maximum atomic E-state index is 8.77. The van der Waals surface area contributed by atoms with Gasteiger partial charge in [-0.1, -0.05) is 18.2 Å². The fourth-order valence-electron chi connectivity index (χ4n) is 2.12. The molecule has 0 saturated heterocycles. The molecule has 0 aliphatic heterocycles. The summed E-state index contributed by atoms with van der Waals surface area (Å²) in [7, 11) is 0. The molecule has 0 aliphatic rings. The highest BCUT2D eigenvalue weighted by Gasteiger charge is 2.04. The van der Waals surface area contributed by atoms with Gasteiger partial charge in [-0.15, -0.1) is 0 Å². The van der Waals surface area contributed by atoms with Gasteiger partial charge in [-0.25, -0.2) is 0 Å². The quantitative estimate of drug-likeness (QED) is 0.449. The highest BCUT2D eigenvalue weighted by molar-refractivity contribution is 5.64. The van der Waals surface area contributed by atoms with Crippen molar-refractivity contribution in [3.63, 3.8) is 0 Å². The molecule has 118 valence electrons. The first kappa shape index (κ1) is 15.9. The highest BCUT2D eigenvalue weighted by Crippen LogP contribution is 2.26. The first-order valence-electron chi connectivity index (χ1n) is 7.47. The second kappa shape index (κ2) is 7.54. The van der Waals surface area contributed by atoms with Crippen molar-refractivity contribution in [1.82, 2.24) is 0 Å². The Bertz CT molecular complexity index is 984. The predicted octanol–water partition coefficient (Wildman–Crippen LogP) is 5.79. The number of allylic oxidation sites excluding steroid dienone is 1. The molecule has 25 heavy (non-hydrogen) atoms. The molecule has 0 aliphatic carbocycles. The van der Waals surface area contributed by atoms with Crippen LogP contribution >= 0.6 is 0 Å².